The van der Waals surface area contributed by atoms with Crippen molar-refractivity contribution in [1.29, 1.82) is 0 Å². The highest BCUT2D eigenvalue weighted by atomic mass is 32.1. The van der Waals surface area contributed by atoms with E-state index in [9.17, 15) is 9.59 Å². The van der Waals surface area contributed by atoms with Crippen LogP contribution in [-0.4, -0.2) is 35.4 Å². The number of aromatic nitrogens is 2. The van der Waals surface area contributed by atoms with Gasteiger partial charge >= 0.3 is 0 Å². The number of benzene rings is 1. The summed E-state index contributed by atoms with van der Waals surface area (Å²) in [7, 11) is 1.59. The molecule has 2 aromatic heterocycles. The minimum atomic E-state index is -0.747. The van der Waals surface area contributed by atoms with Crippen LogP contribution in [0, 0.1) is 0 Å². The van der Waals surface area contributed by atoms with Gasteiger partial charge in [-0.25, -0.2) is 10.4 Å². The summed E-state index contributed by atoms with van der Waals surface area (Å²) < 4.78 is 12.7. The van der Waals surface area contributed by atoms with Crippen LogP contribution in [0.5, 0.6) is 11.5 Å². The van der Waals surface area contributed by atoms with Gasteiger partial charge in [0.25, 0.3) is 11.5 Å². The SMILES string of the molecule is CCCCCCOc1ccc(/C=N/NC(=O)[C@@H](C)n2cnc3sc4c(c3c2=O)CCCC4)cc1OC. The number of hydrogen-bond donors (Lipinski definition) is 1. The lowest BCUT2D eigenvalue weighted by atomic mass is 9.97. The van der Waals surface area contributed by atoms with Gasteiger partial charge in [-0.05, 0) is 68.4 Å². The van der Waals surface area contributed by atoms with Gasteiger partial charge in [0, 0.05) is 4.88 Å². The van der Waals surface area contributed by atoms with Gasteiger partial charge in [0.15, 0.2) is 11.5 Å². The molecule has 1 aliphatic carbocycles. The maximum atomic E-state index is 13.2. The normalized spacial score (nSPS) is 14.1. The van der Waals surface area contributed by atoms with Crippen molar-refractivity contribution in [1.82, 2.24) is 15.0 Å². The Hall–Kier alpha value is -3.20. The quantitative estimate of drug-likeness (QED) is 0.222. The predicted octanol–water partition coefficient (Wildman–Crippen LogP) is 5.02. The number of hydrogen-bond acceptors (Lipinski definition) is 7. The molecule has 0 saturated heterocycles. The number of ether oxygens (including phenoxy) is 2. The van der Waals surface area contributed by atoms with Crippen molar-refractivity contribution in [3.8, 4) is 11.5 Å². The first kappa shape index (κ1) is 25.9. The standard InChI is InChI=1S/C27H34N4O4S/c1-4-5-6-9-14-35-21-13-12-19(15-22(21)34-3)16-29-30-25(32)18(2)31-17-28-26-24(27(31)33)20-10-7-8-11-23(20)36-26/h12-13,15-18H,4-11,14H2,1-3H3,(H,30,32)/b29-16+/t18-/m1/s1. The van der Waals surface area contributed by atoms with E-state index in [1.807, 2.05) is 18.2 Å². The van der Waals surface area contributed by atoms with Crippen LogP contribution in [0.1, 0.15) is 74.4 Å². The first-order chi connectivity index (χ1) is 17.5. The van der Waals surface area contributed by atoms with Crippen molar-refractivity contribution in [3.63, 3.8) is 0 Å². The van der Waals surface area contributed by atoms with Crippen LogP contribution in [0.15, 0.2) is 34.4 Å². The Balaban J connectivity index is 1.40. The molecule has 2 heterocycles. The summed E-state index contributed by atoms with van der Waals surface area (Å²) in [6.45, 7) is 4.50. The Morgan fingerprint density at radius 1 is 1.25 bits per heavy atom. The first-order valence-corrected chi connectivity index (χ1v) is 13.5. The van der Waals surface area contributed by atoms with Crippen LogP contribution in [0.4, 0.5) is 0 Å². The summed E-state index contributed by atoms with van der Waals surface area (Å²) in [5.41, 5.74) is 4.24. The molecule has 1 aromatic carbocycles. The summed E-state index contributed by atoms with van der Waals surface area (Å²) >= 11 is 1.60. The number of carbonyl (C=O) groups excluding carboxylic acids is 1. The molecule has 4 rings (SSSR count). The minimum absolute atomic E-state index is 0.166. The molecule has 192 valence electrons. The summed E-state index contributed by atoms with van der Waals surface area (Å²) in [6.07, 6.45) is 11.7. The van der Waals surface area contributed by atoms with Gasteiger partial charge in [0.05, 0.1) is 31.6 Å². The molecule has 8 nitrogen and oxygen atoms in total. The lowest BCUT2D eigenvalue weighted by Crippen LogP contribution is -2.34. The van der Waals surface area contributed by atoms with Gasteiger partial charge in [0.2, 0.25) is 0 Å². The number of unbranched alkanes of at least 4 members (excludes halogenated alkanes) is 3. The van der Waals surface area contributed by atoms with E-state index in [2.05, 4.69) is 22.4 Å². The number of fused-ring (bicyclic) bond motifs is 3. The number of hydrazone groups is 1. The number of amides is 1. The molecule has 1 amide bonds. The second-order valence-electron chi connectivity index (χ2n) is 9.08. The number of nitrogens with zero attached hydrogens (tertiary/aromatic N) is 3. The van der Waals surface area contributed by atoms with E-state index >= 15 is 0 Å². The molecule has 0 unspecified atom stereocenters. The van der Waals surface area contributed by atoms with Crippen molar-refractivity contribution >= 4 is 33.7 Å². The highest BCUT2D eigenvalue weighted by Crippen LogP contribution is 2.33. The van der Waals surface area contributed by atoms with Gasteiger partial charge in [-0.3, -0.25) is 14.2 Å². The van der Waals surface area contributed by atoms with Crippen molar-refractivity contribution in [3.05, 3.63) is 50.9 Å². The Labute approximate surface area is 215 Å². The minimum Gasteiger partial charge on any atom is -0.493 e. The van der Waals surface area contributed by atoms with E-state index < -0.39 is 11.9 Å². The number of rotatable bonds is 11. The van der Waals surface area contributed by atoms with E-state index in [0.29, 0.717) is 23.5 Å². The van der Waals surface area contributed by atoms with E-state index in [4.69, 9.17) is 9.47 Å². The fraction of sp³-hybridized carbons (Fsp3) is 0.481. The van der Waals surface area contributed by atoms with Crippen LogP contribution < -0.4 is 20.5 Å². The average Bonchev–Trinajstić information content (AvgIpc) is 3.28. The molecule has 1 N–H and O–H groups in total. The van der Waals surface area contributed by atoms with Crippen molar-refractivity contribution in [2.75, 3.05) is 13.7 Å². The third kappa shape index (κ3) is 5.78. The number of thiophene rings is 1. The lowest BCUT2D eigenvalue weighted by molar-refractivity contribution is -0.123. The van der Waals surface area contributed by atoms with E-state index in [1.54, 1.807) is 25.4 Å². The van der Waals surface area contributed by atoms with E-state index in [-0.39, 0.29) is 5.56 Å². The van der Waals surface area contributed by atoms with Crippen molar-refractivity contribution in [2.45, 2.75) is 71.3 Å². The zero-order chi connectivity index (χ0) is 25.5. The Morgan fingerprint density at radius 3 is 2.89 bits per heavy atom. The maximum absolute atomic E-state index is 13.2. The van der Waals surface area contributed by atoms with E-state index in [0.717, 1.165) is 54.5 Å². The van der Waals surface area contributed by atoms with Crippen LogP contribution in [0.3, 0.4) is 0 Å². The fourth-order valence-electron chi connectivity index (χ4n) is 4.42. The summed E-state index contributed by atoms with van der Waals surface area (Å²) in [4.78, 5) is 32.5. The molecule has 0 saturated carbocycles. The number of methoxy groups -OCH3 is 1. The first-order valence-electron chi connectivity index (χ1n) is 12.7. The average molecular weight is 511 g/mol. The van der Waals surface area contributed by atoms with Gasteiger partial charge < -0.3 is 9.47 Å². The molecule has 36 heavy (non-hydrogen) atoms. The molecule has 0 spiro atoms. The topological polar surface area (TPSA) is 94.8 Å². The van der Waals surface area contributed by atoms with Crippen molar-refractivity contribution < 1.29 is 14.3 Å². The monoisotopic (exact) mass is 510 g/mol. The second-order valence-corrected chi connectivity index (χ2v) is 10.2. The van der Waals surface area contributed by atoms with Gasteiger partial charge in [-0.15, -0.1) is 11.3 Å². The van der Waals surface area contributed by atoms with Gasteiger partial charge in [-0.1, -0.05) is 26.2 Å². The maximum Gasteiger partial charge on any atom is 0.263 e. The number of aryl methyl sites for hydroxylation is 2. The molecule has 0 aliphatic heterocycles. The number of carbonyl (C=O) groups is 1. The molecule has 1 aliphatic rings. The molecule has 9 heteroatoms. The molecule has 3 aromatic rings. The smallest absolute Gasteiger partial charge is 0.263 e. The van der Waals surface area contributed by atoms with Crippen LogP contribution in [-0.2, 0) is 17.6 Å². The number of nitrogens with one attached hydrogen (secondary N) is 1. The molecule has 1 atom stereocenters. The molecule has 0 bridgehead atoms. The van der Waals surface area contributed by atoms with Crippen LogP contribution in [0.25, 0.3) is 10.2 Å². The predicted molar refractivity (Wildman–Crippen MR) is 144 cm³/mol. The lowest BCUT2D eigenvalue weighted by Gasteiger charge is -2.14. The van der Waals surface area contributed by atoms with Crippen molar-refractivity contribution in [2.24, 2.45) is 5.10 Å². The Kier molecular flexibility index (Phi) is 8.74. The molecular formula is C27H34N4O4S. The van der Waals surface area contributed by atoms with Crippen LogP contribution in [0.2, 0.25) is 0 Å². The second kappa shape index (κ2) is 12.2. The summed E-state index contributed by atoms with van der Waals surface area (Å²) in [5, 5.41) is 4.75. The summed E-state index contributed by atoms with van der Waals surface area (Å²) in [5.74, 6) is 0.901. The summed E-state index contributed by atoms with van der Waals surface area (Å²) in [6, 6.07) is 4.75. The zero-order valence-electron chi connectivity index (χ0n) is 21.2. The van der Waals surface area contributed by atoms with E-state index in [1.165, 1.54) is 34.8 Å². The third-order valence-corrected chi connectivity index (χ3v) is 7.73. The Bertz CT molecular complexity index is 1300. The van der Waals surface area contributed by atoms with Crippen LogP contribution >= 0.6 is 11.3 Å². The largest absolute Gasteiger partial charge is 0.493 e. The molecule has 0 fully saturated rings. The Morgan fingerprint density at radius 2 is 2.08 bits per heavy atom. The fourth-order valence-corrected chi connectivity index (χ4v) is 5.64. The highest BCUT2D eigenvalue weighted by molar-refractivity contribution is 7.18. The zero-order valence-corrected chi connectivity index (χ0v) is 22.0. The molecular weight excluding hydrogens is 476 g/mol. The third-order valence-electron chi connectivity index (χ3n) is 6.53. The highest BCUT2D eigenvalue weighted by Gasteiger charge is 2.23. The van der Waals surface area contributed by atoms with Gasteiger partial charge in [0.1, 0.15) is 10.9 Å². The van der Waals surface area contributed by atoms with Gasteiger partial charge in [-0.2, -0.15) is 5.10 Å². The molecule has 0 radical (unpaired) electrons.